The molecule has 0 aliphatic heterocycles. The van der Waals surface area contributed by atoms with Gasteiger partial charge in [-0.2, -0.15) is 5.53 Å². The highest BCUT2D eigenvalue weighted by Crippen LogP contribution is 1.98. The Kier molecular flexibility index (Phi) is 4.28. The molecule has 0 rings (SSSR count). The SMILES string of the molecule is C=C(NC)N(CCC)N=N. The Labute approximate surface area is 61.4 Å². The summed E-state index contributed by atoms with van der Waals surface area (Å²) in [7, 11) is 1.76. The van der Waals surface area contributed by atoms with Gasteiger partial charge in [0, 0.05) is 13.6 Å². The van der Waals surface area contributed by atoms with E-state index >= 15 is 0 Å². The topological polar surface area (TPSA) is 51.5 Å². The highest BCUT2D eigenvalue weighted by molar-refractivity contribution is 4.86. The standard InChI is InChI=1S/C6H14N4/c1-4-5-10(9-7)6(2)8-3/h7-8H,2,4-5H2,1,3H3. The third-order valence-corrected chi connectivity index (χ3v) is 1.16. The number of rotatable bonds is 5. The number of hydrogen-bond acceptors (Lipinski definition) is 3. The minimum absolute atomic E-state index is 0.664. The van der Waals surface area contributed by atoms with Crippen molar-refractivity contribution in [3.05, 3.63) is 12.4 Å². The maximum Gasteiger partial charge on any atom is 0.116 e. The molecule has 0 bridgehead atoms. The Morgan fingerprint density at radius 1 is 1.80 bits per heavy atom. The molecule has 10 heavy (non-hydrogen) atoms. The van der Waals surface area contributed by atoms with Gasteiger partial charge in [0.1, 0.15) is 5.82 Å². The van der Waals surface area contributed by atoms with Gasteiger partial charge in [0.2, 0.25) is 0 Å². The minimum atomic E-state index is 0.664. The summed E-state index contributed by atoms with van der Waals surface area (Å²) in [5.41, 5.74) is 6.75. The van der Waals surface area contributed by atoms with Gasteiger partial charge in [-0.05, 0) is 6.42 Å². The van der Waals surface area contributed by atoms with Crippen molar-refractivity contribution in [3.63, 3.8) is 0 Å². The fraction of sp³-hybridized carbons (Fsp3) is 0.667. The van der Waals surface area contributed by atoms with Crippen molar-refractivity contribution in [2.45, 2.75) is 13.3 Å². The average Bonchev–Trinajstić information content (AvgIpc) is 1.99. The highest BCUT2D eigenvalue weighted by Gasteiger charge is 2.00. The molecular formula is C6H14N4. The van der Waals surface area contributed by atoms with Gasteiger partial charge in [-0.15, -0.1) is 0 Å². The molecule has 0 fully saturated rings. The first-order valence-corrected chi connectivity index (χ1v) is 3.27. The van der Waals surface area contributed by atoms with Gasteiger partial charge in [0.25, 0.3) is 0 Å². The quantitative estimate of drug-likeness (QED) is 0.449. The van der Waals surface area contributed by atoms with Crippen LogP contribution in [0.2, 0.25) is 0 Å². The molecule has 0 saturated carbocycles. The lowest BCUT2D eigenvalue weighted by Gasteiger charge is -2.17. The van der Waals surface area contributed by atoms with Crippen LogP contribution in [0.15, 0.2) is 17.6 Å². The van der Waals surface area contributed by atoms with E-state index in [2.05, 4.69) is 17.1 Å². The maximum atomic E-state index is 6.75. The molecule has 0 aromatic carbocycles. The molecule has 0 saturated heterocycles. The monoisotopic (exact) mass is 142 g/mol. The Morgan fingerprint density at radius 2 is 2.40 bits per heavy atom. The van der Waals surface area contributed by atoms with Crippen molar-refractivity contribution in [3.8, 4) is 0 Å². The molecule has 0 spiro atoms. The zero-order valence-corrected chi connectivity index (χ0v) is 6.52. The lowest BCUT2D eigenvalue weighted by atomic mass is 10.5. The lowest BCUT2D eigenvalue weighted by Crippen LogP contribution is -2.24. The number of nitrogens with zero attached hydrogens (tertiary/aromatic N) is 2. The molecule has 0 atom stereocenters. The van der Waals surface area contributed by atoms with Gasteiger partial charge in [0.05, 0.1) is 0 Å². The molecule has 0 radical (unpaired) electrons. The summed E-state index contributed by atoms with van der Waals surface area (Å²) in [4.78, 5) is 0. The van der Waals surface area contributed by atoms with E-state index in [9.17, 15) is 0 Å². The molecule has 0 aromatic heterocycles. The zero-order valence-electron chi connectivity index (χ0n) is 6.52. The van der Waals surface area contributed by atoms with E-state index in [-0.39, 0.29) is 0 Å². The van der Waals surface area contributed by atoms with Crippen molar-refractivity contribution < 1.29 is 0 Å². The highest BCUT2D eigenvalue weighted by atomic mass is 15.5. The Morgan fingerprint density at radius 3 is 2.70 bits per heavy atom. The van der Waals surface area contributed by atoms with Crippen LogP contribution in [0.25, 0.3) is 0 Å². The van der Waals surface area contributed by atoms with Gasteiger partial charge in [-0.1, -0.05) is 18.7 Å². The molecule has 0 aliphatic carbocycles. The van der Waals surface area contributed by atoms with E-state index < -0.39 is 0 Å². The Hall–Kier alpha value is -1.06. The zero-order chi connectivity index (χ0) is 7.98. The van der Waals surface area contributed by atoms with E-state index in [0.29, 0.717) is 5.82 Å². The van der Waals surface area contributed by atoms with E-state index in [0.717, 1.165) is 13.0 Å². The van der Waals surface area contributed by atoms with Gasteiger partial charge in [0.15, 0.2) is 0 Å². The van der Waals surface area contributed by atoms with Crippen molar-refractivity contribution in [2.24, 2.45) is 5.22 Å². The maximum absolute atomic E-state index is 6.75. The molecular weight excluding hydrogens is 128 g/mol. The summed E-state index contributed by atoms with van der Waals surface area (Å²) >= 11 is 0. The van der Waals surface area contributed by atoms with Crippen LogP contribution in [0.4, 0.5) is 0 Å². The number of hydrogen-bond donors (Lipinski definition) is 2. The average molecular weight is 142 g/mol. The fourth-order valence-electron chi connectivity index (χ4n) is 0.586. The number of nitrogens with one attached hydrogen (secondary N) is 2. The molecule has 0 unspecified atom stereocenters. The van der Waals surface area contributed by atoms with Gasteiger partial charge < -0.3 is 5.32 Å². The van der Waals surface area contributed by atoms with Crippen molar-refractivity contribution >= 4 is 0 Å². The first kappa shape index (κ1) is 8.94. The van der Waals surface area contributed by atoms with Crippen LogP contribution in [0.5, 0.6) is 0 Å². The van der Waals surface area contributed by atoms with Gasteiger partial charge in [-0.3, -0.25) is 0 Å². The third kappa shape index (κ3) is 2.48. The van der Waals surface area contributed by atoms with E-state index in [1.165, 1.54) is 5.01 Å². The Balaban J connectivity index is 3.80. The molecule has 0 heterocycles. The molecule has 0 amide bonds. The van der Waals surface area contributed by atoms with E-state index in [1.807, 2.05) is 6.92 Å². The van der Waals surface area contributed by atoms with Crippen molar-refractivity contribution in [1.82, 2.24) is 10.3 Å². The first-order valence-electron chi connectivity index (χ1n) is 3.27. The summed E-state index contributed by atoms with van der Waals surface area (Å²) in [6.45, 7) is 6.43. The third-order valence-electron chi connectivity index (χ3n) is 1.16. The Bertz CT molecular complexity index is 121. The molecule has 4 heteroatoms. The van der Waals surface area contributed by atoms with Crippen LogP contribution in [0.1, 0.15) is 13.3 Å². The first-order chi connectivity index (χ1) is 4.76. The lowest BCUT2D eigenvalue weighted by molar-refractivity contribution is 0.314. The van der Waals surface area contributed by atoms with Crippen LogP contribution >= 0.6 is 0 Å². The van der Waals surface area contributed by atoms with Gasteiger partial charge >= 0.3 is 0 Å². The second-order valence-electron chi connectivity index (χ2n) is 1.92. The largest absolute Gasteiger partial charge is 0.374 e. The summed E-state index contributed by atoms with van der Waals surface area (Å²) < 4.78 is 0. The summed E-state index contributed by atoms with van der Waals surface area (Å²) in [5.74, 6) is 0.664. The predicted molar refractivity (Wildman–Crippen MR) is 40.3 cm³/mol. The van der Waals surface area contributed by atoms with Crippen LogP contribution in [0, 0.1) is 5.53 Å². The minimum Gasteiger partial charge on any atom is -0.374 e. The normalized spacial score (nSPS) is 8.60. The van der Waals surface area contributed by atoms with Crippen LogP contribution in [0.3, 0.4) is 0 Å². The molecule has 0 aromatic rings. The summed E-state index contributed by atoms with van der Waals surface area (Å²) in [6.07, 6.45) is 0.961. The second-order valence-corrected chi connectivity index (χ2v) is 1.92. The van der Waals surface area contributed by atoms with Crippen LogP contribution in [-0.4, -0.2) is 18.6 Å². The molecule has 2 N–H and O–H groups in total. The second kappa shape index (κ2) is 4.78. The van der Waals surface area contributed by atoms with E-state index in [1.54, 1.807) is 7.05 Å². The summed E-state index contributed by atoms with van der Waals surface area (Å²) in [6, 6.07) is 0. The van der Waals surface area contributed by atoms with E-state index in [4.69, 9.17) is 5.53 Å². The van der Waals surface area contributed by atoms with Crippen LogP contribution in [-0.2, 0) is 0 Å². The molecule has 4 nitrogen and oxygen atoms in total. The van der Waals surface area contributed by atoms with Gasteiger partial charge in [-0.25, -0.2) is 5.01 Å². The van der Waals surface area contributed by atoms with Crippen molar-refractivity contribution in [1.29, 1.82) is 5.53 Å². The smallest absolute Gasteiger partial charge is 0.116 e. The predicted octanol–water partition coefficient (Wildman–Crippen LogP) is 1.33. The van der Waals surface area contributed by atoms with Crippen molar-refractivity contribution in [2.75, 3.05) is 13.6 Å². The van der Waals surface area contributed by atoms with Crippen LogP contribution < -0.4 is 5.32 Å². The summed E-state index contributed by atoms with van der Waals surface area (Å²) in [5, 5.41) is 7.60. The molecule has 0 aliphatic rings. The molecule has 58 valence electrons. The fourth-order valence-corrected chi connectivity index (χ4v) is 0.586.